The number of rotatable bonds is 9. The van der Waals surface area contributed by atoms with Crippen LogP contribution in [0.15, 0.2) is 52.4 Å². The number of amides is 2. The normalized spacial score (nSPS) is 27.1. The van der Waals surface area contributed by atoms with Crippen LogP contribution in [0.1, 0.15) is 19.8 Å². The first-order valence-electron chi connectivity index (χ1n) is 10.9. The Morgan fingerprint density at radius 3 is 2.47 bits per heavy atom. The number of likely N-dealkylation sites (tertiary alicyclic amines) is 1. The lowest BCUT2D eigenvalue weighted by atomic mass is 9.85. The summed E-state index contributed by atoms with van der Waals surface area (Å²) in [6.07, 6.45) is 6.21. The number of imide groups is 1. The molecule has 1 saturated carbocycles. The molecule has 3 aliphatic rings. The number of carbonyl (C=O) groups excluding carboxylic acids is 2. The molecule has 4 rings (SSSR count). The van der Waals surface area contributed by atoms with Crippen LogP contribution in [0.2, 0.25) is 0 Å². The molecule has 2 aliphatic carbocycles. The van der Waals surface area contributed by atoms with Crippen molar-refractivity contribution in [1.82, 2.24) is 15.5 Å². The van der Waals surface area contributed by atoms with Crippen molar-refractivity contribution in [2.24, 2.45) is 28.7 Å². The van der Waals surface area contributed by atoms with E-state index in [-0.39, 0.29) is 35.5 Å². The van der Waals surface area contributed by atoms with Gasteiger partial charge in [-0.1, -0.05) is 30.4 Å². The van der Waals surface area contributed by atoms with Gasteiger partial charge in [-0.25, -0.2) is 0 Å². The minimum atomic E-state index is -0.114. The summed E-state index contributed by atoms with van der Waals surface area (Å²) in [6, 6.07) is 10.4. The van der Waals surface area contributed by atoms with E-state index in [0.29, 0.717) is 13.1 Å². The van der Waals surface area contributed by atoms with Gasteiger partial charge in [0.15, 0.2) is 5.96 Å². The van der Waals surface area contributed by atoms with Gasteiger partial charge in [-0.15, -0.1) is 11.8 Å². The summed E-state index contributed by atoms with van der Waals surface area (Å²) in [7, 11) is 0. The van der Waals surface area contributed by atoms with E-state index in [0.717, 1.165) is 37.6 Å². The molecule has 2 bridgehead atoms. The van der Waals surface area contributed by atoms with E-state index in [4.69, 9.17) is 0 Å². The fourth-order valence-electron chi connectivity index (χ4n) is 4.77. The van der Waals surface area contributed by atoms with Crippen molar-refractivity contribution in [3.05, 3.63) is 42.5 Å². The van der Waals surface area contributed by atoms with Gasteiger partial charge < -0.3 is 10.6 Å². The first-order valence-corrected chi connectivity index (χ1v) is 11.9. The molecule has 2 N–H and O–H groups in total. The molecule has 1 aromatic carbocycles. The highest BCUT2D eigenvalue weighted by Crippen LogP contribution is 2.52. The molecule has 2 amide bonds. The number of allylic oxidation sites excluding steroid dienone is 2. The van der Waals surface area contributed by atoms with E-state index >= 15 is 0 Å². The number of carbonyl (C=O) groups is 2. The summed E-state index contributed by atoms with van der Waals surface area (Å²) >= 11 is 1.84. The van der Waals surface area contributed by atoms with Gasteiger partial charge in [0.2, 0.25) is 11.8 Å². The maximum atomic E-state index is 12.7. The summed E-state index contributed by atoms with van der Waals surface area (Å²) in [4.78, 5) is 32.9. The predicted molar refractivity (Wildman–Crippen MR) is 120 cm³/mol. The van der Waals surface area contributed by atoms with Crippen molar-refractivity contribution in [3.63, 3.8) is 0 Å². The standard InChI is InChI=1S/C23H30N4O2S/c1-2-24-23(25-11-6-14-30-18-7-4-3-5-8-18)26-12-13-27-21(28)19-16-9-10-17(15-16)20(19)22(27)29/h3-5,7-10,16-17,19-20H,2,6,11-15H2,1H3,(H2,24,25,26). The molecule has 0 aromatic heterocycles. The summed E-state index contributed by atoms with van der Waals surface area (Å²) in [5, 5.41) is 6.51. The van der Waals surface area contributed by atoms with Gasteiger partial charge in [0, 0.05) is 31.1 Å². The maximum absolute atomic E-state index is 12.7. The van der Waals surface area contributed by atoms with Crippen LogP contribution in [0.4, 0.5) is 0 Å². The molecular weight excluding hydrogens is 396 g/mol. The first kappa shape index (κ1) is 21.0. The van der Waals surface area contributed by atoms with Crippen LogP contribution in [-0.2, 0) is 9.59 Å². The van der Waals surface area contributed by atoms with E-state index in [1.165, 1.54) is 9.80 Å². The number of hydrogen-bond donors (Lipinski definition) is 2. The second-order valence-corrected chi connectivity index (χ2v) is 9.20. The Balaban J connectivity index is 1.21. The van der Waals surface area contributed by atoms with Gasteiger partial charge in [0.25, 0.3) is 0 Å². The molecule has 1 aliphatic heterocycles. The monoisotopic (exact) mass is 426 g/mol. The van der Waals surface area contributed by atoms with Crippen LogP contribution in [0.5, 0.6) is 0 Å². The number of aliphatic imine (C=N–C) groups is 1. The van der Waals surface area contributed by atoms with Crippen molar-refractivity contribution in [1.29, 1.82) is 0 Å². The number of hydrogen-bond acceptors (Lipinski definition) is 4. The Kier molecular flexibility index (Phi) is 6.77. The molecule has 6 nitrogen and oxygen atoms in total. The molecule has 160 valence electrons. The molecule has 30 heavy (non-hydrogen) atoms. The van der Waals surface area contributed by atoms with Crippen LogP contribution in [-0.4, -0.2) is 54.6 Å². The topological polar surface area (TPSA) is 73.8 Å². The van der Waals surface area contributed by atoms with Gasteiger partial charge in [0.1, 0.15) is 0 Å². The van der Waals surface area contributed by atoms with E-state index in [1.54, 1.807) is 0 Å². The Bertz CT molecular complexity index is 796. The Morgan fingerprint density at radius 2 is 1.80 bits per heavy atom. The maximum Gasteiger partial charge on any atom is 0.233 e. The second-order valence-electron chi connectivity index (χ2n) is 8.03. The Labute approximate surface area is 182 Å². The molecule has 0 spiro atoms. The predicted octanol–water partition coefficient (Wildman–Crippen LogP) is 2.53. The molecule has 4 atom stereocenters. The smallest absolute Gasteiger partial charge is 0.233 e. The van der Waals surface area contributed by atoms with Crippen LogP contribution in [0.3, 0.4) is 0 Å². The van der Waals surface area contributed by atoms with Gasteiger partial charge in [-0.2, -0.15) is 0 Å². The molecule has 2 fully saturated rings. The number of thioether (sulfide) groups is 1. The highest BCUT2D eigenvalue weighted by Gasteiger charge is 2.58. The van der Waals surface area contributed by atoms with Crippen LogP contribution >= 0.6 is 11.8 Å². The minimum Gasteiger partial charge on any atom is -0.357 e. The van der Waals surface area contributed by atoms with Gasteiger partial charge >= 0.3 is 0 Å². The van der Waals surface area contributed by atoms with Crippen molar-refractivity contribution in [2.45, 2.75) is 24.7 Å². The Morgan fingerprint density at radius 1 is 1.10 bits per heavy atom. The van der Waals surface area contributed by atoms with Crippen molar-refractivity contribution < 1.29 is 9.59 Å². The number of benzene rings is 1. The highest BCUT2D eigenvalue weighted by molar-refractivity contribution is 7.99. The average molecular weight is 427 g/mol. The molecular formula is C23H30N4O2S. The van der Waals surface area contributed by atoms with E-state index in [2.05, 4.69) is 52.0 Å². The third kappa shape index (κ3) is 4.41. The second kappa shape index (κ2) is 9.69. The van der Waals surface area contributed by atoms with E-state index in [1.807, 2.05) is 24.8 Å². The molecule has 1 saturated heterocycles. The zero-order valence-electron chi connectivity index (χ0n) is 17.4. The van der Waals surface area contributed by atoms with Crippen LogP contribution in [0.25, 0.3) is 0 Å². The van der Waals surface area contributed by atoms with E-state index < -0.39 is 0 Å². The van der Waals surface area contributed by atoms with Crippen LogP contribution in [0, 0.1) is 23.7 Å². The lowest BCUT2D eigenvalue weighted by molar-refractivity contribution is -0.140. The lowest BCUT2D eigenvalue weighted by Crippen LogP contribution is -2.43. The quantitative estimate of drug-likeness (QED) is 0.159. The number of guanidine groups is 1. The fraction of sp³-hybridized carbons (Fsp3) is 0.522. The third-order valence-electron chi connectivity index (χ3n) is 6.12. The van der Waals surface area contributed by atoms with Crippen molar-refractivity contribution in [2.75, 3.05) is 31.9 Å². The van der Waals surface area contributed by atoms with E-state index in [9.17, 15) is 9.59 Å². The van der Waals surface area contributed by atoms with Crippen molar-refractivity contribution >= 4 is 29.5 Å². The molecule has 1 heterocycles. The molecule has 1 aromatic rings. The third-order valence-corrected chi connectivity index (χ3v) is 7.22. The van der Waals surface area contributed by atoms with Crippen LogP contribution < -0.4 is 10.6 Å². The van der Waals surface area contributed by atoms with Crippen molar-refractivity contribution in [3.8, 4) is 0 Å². The molecule has 0 radical (unpaired) electrons. The molecule has 7 heteroatoms. The summed E-state index contributed by atoms with van der Waals surface area (Å²) in [6.45, 7) is 4.45. The van der Waals surface area contributed by atoms with Gasteiger partial charge in [-0.3, -0.25) is 19.5 Å². The highest BCUT2D eigenvalue weighted by atomic mass is 32.2. The zero-order valence-corrected chi connectivity index (χ0v) is 18.2. The summed E-state index contributed by atoms with van der Waals surface area (Å²) in [5.74, 6) is 2.09. The average Bonchev–Trinajstić information content (AvgIpc) is 3.44. The first-order chi connectivity index (χ1) is 14.7. The Hall–Kier alpha value is -2.28. The summed E-state index contributed by atoms with van der Waals surface area (Å²) < 4.78 is 0. The number of nitrogens with one attached hydrogen (secondary N) is 2. The number of nitrogens with zero attached hydrogens (tertiary/aromatic N) is 2. The fourth-order valence-corrected chi connectivity index (χ4v) is 5.63. The number of fused-ring (bicyclic) bond motifs is 5. The van der Waals surface area contributed by atoms with Gasteiger partial charge in [-0.05, 0) is 49.5 Å². The minimum absolute atomic E-state index is 0.0172. The largest absolute Gasteiger partial charge is 0.357 e. The lowest BCUT2D eigenvalue weighted by Gasteiger charge is -2.18. The zero-order chi connectivity index (χ0) is 20.9. The SMILES string of the molecule is CCNC(=NCCCSc1ccccc1)NCCN1C(=O)C2C3C=CC(C3)C2C1=O. The van der Waals surface area contributed by atoms with Gasteiger partial charge in [0.05, 0.1) is 11.8 Å². The molecule has 4 unspecified atom stereocenters. The summed E-state index contributed by atoms with van der Waals surface area (Å²) in [5.41, 5.74) is 0.